The maximum atomic E-state index is 12.9. The standard InChI is InChI=1S/C23H27N5O5/c1-14(23(30)31)32-16-7-5-15(6-8-16)13-25-21(29)18-4-3-11-24-22(18)33-17-9-10-19-20(12-17)27-28(2)26-19/h3-4,9-12,14-16H,5-8,13H2,1-2H3,(H,25,29)(H,30,31). The number of hydrogen-bond donors (Lipinski definition) is 2. The number of nitrogens with one attached hydrogen (secondary N) is 1. The fraction of sp³-hybridized carbons (Fsp3) is 0.435. The number of nitrogens with zero attached hydrogens (tertiary/aromatic N) is 4. The number of hydrogen-bond acceptors (Lipinski definition) is 7. The summed E-state index contributed by atoms with van der Waals surface area (Å²) in [5, 5.41) is 20.5. The quantitative estimate of drug-likeness (QED) is 0.533. The van der Waals surface area contributed by atoms with Crippen LogP contribution < -0.4 is 10.1 Å². The second-order valence-corrected chi connectivity index (χ2v) is 8.27. The minimum atomic E-state index is -0.949. The molecule has 4 rings (SSSR count). The second-order valence-electron chi connectivity index (χ2n) is 8.27. The Morgan fingerprint density at radius 1 is 1.18 bits per heavy atom. The molecule has 0 aliphatic heterocycles. The molecule has 1 aromatic carbocycles. The van der Waals surface area contributed by atoms with Crippen molar-refractivity contribution in [2.45, 2.75) is 44.8 Å². The molecule has 10 nitrogen and oxygen atoms in total. The van der Waals surface area contributed by atoms with Crippen LogP contribution >= 0.6 is 0 Å². The Morgan fingerprint density at radius 2 is 1.94 bits per heavy atom. The maximum Gasteiger partial charge on any atom is 0.332 e. The van der Waals surface area contributed by atoms with Crippen LogP contribution in [0, 0.1) is 5.92 Å². The lowest BCUT2D eigenvalue weighted by Crippen LogP contribution is -2.34. The summed E-state index contributed by atoms with van der Waals surface area (Å²) in [6, 6.07) is 8.69. The van der Waals surface area contributed by atoms with Gasteiger partial charge in [-0.2, -0.15) is 15.0 Å². The SMILES string of the molecule is CC(OC1CCC(CNC(=O)c2cccnc2Oc2ccc3nn(C)nc3c2)CC1)C(=O)O. The third-order valence-corrected chi connectivity index (χ3v) is 5.77. The van der Waals surface area contributed by atoms with Crippen molar-refractivity contribution >= 4 is 22.9 Å². The van der Waals surface area contributed by atoms with E-state index < -0.39 is 12.1 Å². The number of ether oxygens (including phenoxy) is 2. The van der Waals surface area contributed by atoms with E-state index >= 15 is 0 Å². The van der Waals surface area contributed by atoms with Crippen LogP contribution in [0.4, 0.5) is 0 Å². The van der Waals surface area contributed by atoms with E-state index in [1.54, 1.807) is 50.5 Å². The summed E-state index contributed by atoms with van der Waals surface area (Å²) >= 11 is 0. The molecule has 2 N–H and O–H groups in total. The molecule has 1 fully saturated rings. The van der Waals surface area contributed by atoms with E-state index in [0.29, 0.717) is 29.3 Å². The molecule has 2 heterocycles. The zero-order valence-corrected chi connectivity index (χ0v) is 18.6. The number of fused-ring (bicyclic) bond motifs is 1. The van der Waals surface area contributed by atoms with Crippen molar-refractivity contribution in [1.29, 1.82) is 0 Å². The molecule has 1 aliphatic rings. The third-order valence-electron chi connectivity index (χ3n) is 5.77. The topological polar surface area (TPSA) is 128 Å². The van der Waals surface area contributed by atoms with E-state index in [-0.39, 0.29) is 17.9 Å². The summed E-state index contributed by atoms with van der Waals surface area (Å²) in [6.07, 6.45) is 4.02. The number of carbonyl (C=O) groups is 2. The molecule has 33 heavy (non-hydrogen) atoms. The van der Waals surface area contributed by atoms with Crippen LogP contribution in [0.3, 0.4) is 0 Å². The van der Waals surface area contributed by atoms with Gasteiger partial charge in [-0.15, -0.1) is 0 Å². The number of amides is 1. The Labute approximate surface area is 190 Å². The average molecular weight is 453 g/mol. The first kappa shape index (κ1) is 22.7. The first-order valence-electron chi connectivity index (χ1n) is 11.0. The lowest BCUT2D eigenvalue weighted by atomic mass is 9.87. The van der Waals surface area contributed by atoms with Gasteiger partial charge in [0, 0.05) is 25.9 Å². The number of aromatic nitrogens is 4. The van der Waals surface area contributed by atoms with Crippen molar-refractivity contribution < 1.29 is 24.2 Å². The molecule has 0 saturated heterocycles. The Hall–Kier alpha value is -3.53. The smallest absolute Gasteiger partial charge is 0.332 e. The highest BCUT2D eigenvalue weighted by Crippen LogP contribution is 2.28. The molecule has 2 aromatic heterocycles. The molecule has 10 heteroatoms. The Morgan fingerprint density at radius 3 is 2.70 bits per heavy atom. The number of carbonyl (C=O) groups excluding carboxylic acids is 1. The molecular formula is C23H27N5O5. The summed E-state index contributed by atoms with van der Waals surface area (Å²) in [5.41, 5.74) is 1.79. The largest absolute Gasteiger partial charge is 0.479 e. The predicted molar refractivity (Wildman–Crippen MR) is 119 cm³/mol. The third kappa shape index (κ3) is 5.64. The first-order chi connectivity index (χ1) is 15.9. The fourth-order valence-electron chi connectivity index (χ4n) is 3.97. The average Bonchev–Trinajstić information content (AvgIpc) is 3.18. The number of carboxylic acid groups (broad SMARTS) is 1. The normalized spacial score (nSPS) is 19.2. The lowest BCUT2D eigenvalue weighted by Gasteiger charge is -2.29. The van der Waals surface area contributed by atoms with Crippen molar-refractivity contribution in [3.63, 3.8) is 0 Å². The molecule has 0 spiro atoms. The molecule has 1 amide bonds. The summed E-state index contributed by atoms with van der Waals surface area (Å²) in [4.78, 5) is 29.5. The van der Waals surface area contributed by atoms with Crippen LogP contribution in [0.5, 0.6) is 11.6 Å². The van der Waals surface area contributed by atoms with Crippen LogP contribution in [0.2, 0.25) is 0 Å². The minimum Gasteiger partial charge on any atom is -0.479 e. The van der Waals surface area contributed by atoms with Gasteiger partial charge in [-0.25, -0.2) is 9.78 Å². The number of aryl methyl sites for hydroxylation is 1. The van der Waals surface area contributed by atoms with Gasteiger partial charge in [0.25, 0.3) is 5.91 Å². The van der Waals surface area contributed by atoms with Gasteiger partial charge in [0.2, 0.25) is 5.88 Å². The molecule has 1 atom stereocenters. The van der Waals surface area contributed by atoms with Gasteiger partial charge in [0.15, 0.2) is 6.10 Å². The van der Waals surface area contributed by atoms with E-state index in [1.165, 1.54) is 4.80 Å². The molecule has 0 bridgehead atoms. The zero-order valence-electron chi connectivity index (χ0n) is 18.6. The van der Waals surface area contributed by atoms with E-state index in [4.69, 9.17) is 14.6 Å². The maximum absolute atomic E-state index is 12.9. The van der Waals surface area contributed by atoms with Crippen LogP contribution in [-0.4, -0.2) is 55.7 Å². The fourth-order valence-corrected chi connectivity index (χ4v) is 3.97. The molecule has 0 radical (unpaired) electrons. The zero-order chi connectivity index (χ0) is 23.4. The highest BCUT2D eigenvalue weighted by Gasteiger charge is 2.26. The monoisotopic (exact) mass is 453 g/mol. The van der Waals surface area contributed by atoms with E-state index in [2.05, 4.69) is 20.5 Å². The summed E-state index contributed by atoms with van der Waals surface area (Å²) in [6.45, 7) is 2.08. The summed E-state index contributed by atoms with van der Waals surface area (Å²) in [7, 11) is 1.75. The van der Waals surface area contributed by atoms with Gasteiger partial charge in [0.05, 0.1) is 6.10 Å². The van der Waals surface area contributed by atoms with Gasteiger partial charge >= 0.3 is 5.97 Å². The van der Waals surface area contributed by atoms with Crippen molar-refractivity contribution in [3.05, 3.63) is 42.1 Å². The van der Waals surface area contributed by atoms with Crippen LogP contribution in [0.15, 0.2) is 36.5 Å². The Kier molecular flexibility index (Phi) is 6.83. The number of pyridine rings is 1. The number of rotatable bonds is 8. The van der Waals surface area contributed by atoms with Crippen molar-refractivity contribution in [1.82, 2.24) is 25.3 Å². The highest BCUT2D eigenvalue weighted by atomic mass is 16.5. The van der Waals surface area contributed by atoms with Crippen molar-refractivity contribution in [3.8, 4) is 11.6 Å². The van der Waals surface area contributed by atoms with E-state index in [1.807, 2.05) is 0 Å². The Balaban J connectivity index is 1.33. The van der Waals surface area contributed by atoms with Crippen molar-refractivity contribution in [2.24, 2.45) is 13.0 Å². The van der Waals surface area contributed by atoms with Crippen LogP contribution in [0.25, 0.3) is 11.0 Å². The number of aliphatic carboxylic acids is 1. The predicted octanol–water partition coefficient (Wildman–Crippen LogP) is 2.93. The molecule has 174 valence electrons. The molecule has 3 aromatic rings. The summed E-state index contributed by atoms with van der Waals surface area (Å²) < 4.78 is 11.5. The molecule has 1 aliphatic carbocycles. The first-order valence-corrected chi connectivity index (χ1v) is 11.0. The van der Waals surface area contributed by atoms with Gasteiger partial charge in [-0.1, -0.05) is 0 Å². The van der Waals surface area contributed by atoms with E-state index in [9.17, 15) is 9.59 Å². The highest BCUT2D eigenvalue weighted by molar-refractivity contribution is 5.96. The van der Waals surface area contributed by atoms with Crippen LogP contribution in [0.1, 0.15) is 43.0 Å². The van der Waals surface area contributed by atoms with Gasteiger partial charge in [-0.05, 0) is 62.8 Å². The molecule has 1 unspecified atom stereocenters. The number of carboxylic acids is 1. The van der Waals surface area contributed by atoms with E-state index in [0.717, 1.165) is 31.2 Å². The number of benzene rings is 1. The molecular weight excluding hydrogens is 426 g/mol. The molecule has 1 saturated carbocycles. The van der Waals surface area contributed by atoms with Crippen LogP contribution in [-0.2, 0) is 16.6 Å². The Bertz CT molecular complexity index is 1140. The van der Waals surface area contributed by atoms with Gasteiger partial charge < -0.3 is 19.9 Å². The minimum absolute atomic E-state index is 0.0481. The second kappa shape index (κ2) is 9.95. The van der Waals surface area contributed by atoms with Gasteiger partial charge in [0.1, 0.15) is 22.3 Å². The van der Waals surface area contributed by atoms with Crippen molar-refractivity contribution in [2.75, 3.05) is 6.54 Å². The summed E-state index contributed by atoms with van der Waals surface area (Å²) in [5.74, 6) is -0.149. The lowest BCUT2D eigenvalue weighted by molar-refractivity contribution is -0.154. The van der Waals surface area contributed by atoms with Gasteiger partial charge in [-0.3, -0.25) is 4.79 Å².